The molecule has 0 aliphatic carbocycles. The van der Waals surface area contributed by atoms with Crippen molar-refractivity contribution < 1.29 is 4.79 Å². The Bertz CT molecular complexity index is 532. The molecular formula is C14H11ClO. The SMILES string of the molecule is Cc1cccc(-c2cccc(C(=O)Cl)c2)c1. The van der Waals surface area contributed by atoms with Crippen LogP contribution in [0.3, 0.4) is 0 Å². The Morgan fingerprint density at radius 3 is 2.25 bits per heavy atom. The predicted octanol–water partition coefficient (Wildman–Crippen LogP) is 4.04. The van der Waals surface area contributed by atoms with Gasteiger partial charge in [0.2, 0.25) is 0 Å². The zero-order valence-corrected chi connectivity index (χ0v) is 9.66. The Balaban J connectivity index is 2.48. The van der Waals surface area contributed by atoms with Crippen molar-refractivity contribution in [3.63, 3.8) is 0 Å². The lowest BCUT2D eigenvalue weighted by Crippen LogP contribution is -1.89. The maximum absolute atomic E-state index is 11.1. The molecule has 0 amide bonds. The van der Waals surface area contributed by atoms with Gasteiger partial charge in [-0.25, -0.2) is 0 Å². The second-order valence-electron chi connectivity index (χ2n) is 3.72. The molecule has 1 nitrogen and oxygen atoms in total. The predicted molar refractivity (Wildman–Crippen MR) is 66.8 cm³/mol. The van der Waals surface area contributed by atoms with Gasteiger partial charge in [-0.2, -0.15) is 0 Å². The number of carbonyl (C=O) groups is 1. The smallest absolute Gasteiger partial charge is 0.252 e. The molecule has 0 aromatic heterocycles. The minimum atomic E-state index is -0.422. The fourth-order valence-electron chi connectivity index (χ4n) is 1.65. The number of benzene rings is 2. The van der Waals surface area contributed by atoms with Crippen molar-refractivity contribution >= 4 is 16.8 Å². The van der Waals surface area contributed by atoms with E-state index in [1.165, 1.54) is 5.56 Å². The van der Waals surface area contributed by atoms with Crippen LogP contribution in [0, 0.1) is 6.92 Å². The fraction of sp³-hybridized carbons (Fsp3) is 0.0714. The molecule has 2 rings (SSSR count). The van der Waals surface area contributed by atoms with E-state index in [1.807, 2.05) is 43.3 Å². The maximum atomic E-state index is 11.1. The summed E-state index contributed by atoms with van der Waals surface area (Å²) in [6.45, 7) is 2.04. The van der Waals surface area contributed by atoms with Gasteiger partial charge in [-0.05, 0) is 35.7 Å². The number of carbonyl (C=O) groups excluding carboxylic acids is 1. The molecule has 0 aliphatic rings. The molecule has 2 aromatic rings. The molecule has 2 aromatic carbocycles. The monoisotopic (exact) mass is 230 g/mol. The van der Waals surface area contributed by atoms with Crippen molar-refractivity contribution in [1.82, 2.24) is 0 Å². The number of aryl methyl sites for hydroxylation is 1. The Morgan fingerprint density at radius 2 is 1.62 bits per heavy atom. The molecule has 0 spiro atoms. The van der Waals surface area contributed by atoms with Crippen molar-refractivity contribution in [2.24, 2.45) is 0 Å². The third-order valence-electron chi connectivity index (χ3n) is 2.44. The Hall–Kier alpha value is -1.60. The summed E-state index contributed by atoms with van der Waals surface area (Å²) in [6, 6.07) is 15.5. The third kappa shape index (κ3) is 2.31. The number of halogens is 1. The van der Waals surface area contributed by atoms with Gasteiger partial charge in [-0.1, -0.05) is 48.0 Å². The molecule has 0 atom stereocenters. The first kappa shape index (κ1) is 10.9. The Kier molecular flexibility index (Phi) is 3.07. The van der Waals surface area contributed by atoms with Crippen LogP contribution in [0.4, 0.5) is 0 Å². The van der Waals surface area contributed by atoms with Crippen LogP contribution in [-0.4, -0.2) is 5.24 Å². The van der Waals surface area contributed by atoms with E-state index in [4.69, 9.17) is 11.6 Å². The number of hydrogen-bond donors (Lipinski definition) is 0. The molecule has 2 heteroatoms. The highest BCUT2D eigenvalue weighted by Crippen LogP contribution is 2.21. The van der Waals surface area contributed by atoms with Crippen LogP contribution >= 0.6 is 11.6 Å². The van der Waals surface area contributed by atoms with Gasteiger partial charge in [0.05, 0.1) is 0 Å². The highest BCUT2D eigenvalue weighted by Gasteiger charge is 2.03. The average molecular weight is 231 g/mol. The van der Waals surface area contributed by atoms with Crippen molar-refractivity contribution in [2.45, 2.75) is 6.92 Å². The average Bonchev–Trinajstić information content (AvgIpc) is 2.29. The topological polar surface area (TPSA) is 17.1 Å². The van der Waals surface area contributed by atoms with E-state index in [0.717, 1.165) is 11.1 Å². The minimum Gasteiger partial charge on any atom is -0.276 e. The molecule has 0 N–H and O–H groups in total. The van der Waals surface area contributed by atoms with Gasteiger partial charge in [0.15, 0.2) is 0 Å². The second-order valence-corrected chi connectivity index (χ2v) is 4.07. The molecule has 0 unspecified atom stereocenters. The molecule has 0 saturated heterocycles. The summed E-state index contributed by atoms with van der Waals surface area (Å²) >= 11 is 5.45. The minimum absolute atomic E-state index is 0.422. The summed E-state index contributed by atoms with van der Waals surface area (Å²) in [7, 11) is 0. The van der Waals surface area contributed by atoms with Crippen LogP contribution in [0.2, 0.25) is 0 Å². The quantitative estimate of drug-likeness (QED) is 0.712. The summed E-state index contributed by atoms with van der Waals surface area (Å²) < 4.78 is 0. The zero-order valence-electron chi connectivity index (χ0n) is 8.91. The van der Waals surface area contributed by atoms with Crippen molar-refractivity contribution in [3.8, 4) is 11.1 Å². The summed E-state index contributed by atoms with van der Waals surface area (Å²) in [5.74, 6) is 0. The highest BCUT2D eigenvalue weighted by molar-refractivity contribution is 6.67. The van der Waals surface area contributed by atoms with Gasteiger partial charge in [0.1, 0.15) is 0 Å². The lowest BCUT2D eigenvalue weighted by atomic mass is 10.0. The van der Waals surface area contributed by atoms with Crippen LogP contribution in [0.1, 0.15) is 15.9 Å². The van der Waals surface area contributed by atoms with Gasteiger partial charge in [0, 0.05) is 5.56 Å². The van der Waals surface area contributed by atoms with Gasteiger partial charge in [-0.15, -0.1) is 0 Å². The lowest BCUT2D eigenvalue weighted by Gasteiger charge is -2.03. The molecule has 80 valence electrons. The van der Waals surface area contributed by atoms with Gasteiger partial charge in [-0.3, -0.25) is 4.79 Å². The number of hydrogen-bond acceptors (Lipinski definition) is 1. The molecule has 0 radical (unpaired) electrons. The molecule has 0 aliphatic heterocycles. The molecular weight excluding hydrogens is 220 g/mol. The molecule has 0 saturated carbocycles. The van der Waals surface area contributed by atoms with Crippen LogP contribution in [0.25, 0.3) is 11.1 Å². The summed E-state index contributed by atoms with van der Waals surface area (Å²) in [4.78, 5) is 11.1. The fourth-order valence-corrected chi connectivity index (χ4v) is 1.76. The van der Waals surface area contributed by atoms with E-state index in [0.29, 0.717) is 5.56 Å². The maximum Gasteiger partial charge on any atom is 0.252 e. The van der Waals surface area contributed by atoms with Gasteiger partial charge >= 0.3 is 0 Å². The van der Waals surface area contributed by atoms with Crippen molar-refractivity contribution in [1.29, 1.82) is 0 Å². The Labute approximate surface area is 99.7 Å². The first-order chi connectivity index (χ1) is 7.66. The zero-order chi connectivity index (χ0) is 11.5. The van der Waals surface area contributed by atoms with Crippen LogP contribution in [0.15, 0.2) is 48.5 Å². The summed E-state index contributed by atoms with van der Waals surface area (Å²) in [5, 5.41) is -0.422. The molecule has 0 fully saturated rings. The van der Waals surface area contributed by atoms with E-state index in [2.05, 4.69) is 6.07 Å². The van der Waals surface area contributed by atoms with Crippen molar-refractivity contribution in [3.05, 3.63) is 59.7 Å². The largest absolute Gasteiger partial charge is 0.276 e. The molecule has 16 heavy (non-hydrogen) atoms. The van der Waals surface area contributed by atoms with E-state index < -0.39 is 5.24 Å². The number of rotatable bonds is 2. The summed E-state index contributed by atoms with van der Waals surface area (Å²) in [6.07, 6.45) is 0. The third-order valence-corrected chi connectivity index (χ3v) is 2.66. The normalized spacial score (nSPS) is 10.1. The van der Waals surface area contributed by atoms with Gasteiger partial charge < -0.3 is 0 Å². The van der Waals surface area contributed by atoms with Crippen molar-refractivity contribution in [2.75, 3.05) is 0 Å². The first-order valence-electron chi connectivity index (χ1n) is 5.04. The first-order valence-corrected chi connectivity index (χ1v) is 5.41. The van der Waals surface area contributed by atoms with Crippen LogP contribution in [0.5, 0.6) is 0 Å². The molecule has 0 bridgehead atoms. The Morgan fingerprint density at radius 1 is 1.00 bits per heavy atom. The molecule has 0 heterocycles. The van der Waals surface area contributed by atoms with Crippen LogP contribution in [-0.2, 0) is 0 Å². The van der Waals surface area contributed by atoms with E-state index in [1.54, 1.807) is 6.07 Å². The van der Waals surface area contributed by atoms with E-state index in [-0.39, 0.29) is 0 Å². The van der Waals surface area contributed by atoms with E-state index in [9.17, 15) is 4.79 Å². The van der Waals surface area contributed by atoms with Gasteiger partial charge in [0.25, 0.3) is 5.24 Å². The van der Waals surface area contributed by atoms with E-state index >= 15 is 0 Å². The lowest BCUT2D eigenvalue weighted by molar-refractivity contribution is 0.108. The second kappa shape index (κ2) is 4.50. The van der Waals surface area contributed by atoms with Crippen LogP contribution < -0.4 is 0 Å². The highest BCUT2D eigenvalue weighted by atomic mass is 35.5. The summed E-state index contributed by atoms with van der Waals surface area (Å²) in [5.41, 5.74) is 3.83. The standard InChI is InChI=1S/C14H11ClO/c1-10-4-2-5-11(8-10)12-6-3-7-13(9-12)14(15)16/h2-9H,1H3.